The summed E-state index contributed by atoms with van der Waals surface area (Å²) in [4.78, 5) is 31.4. The Bertz CT molecular complexity index is 1760. The zero-order valence-corrected chi connectivity index (χ0v) is 28.4. The van der Waals surface area contributed by atoms with E-state index in [0.29, 0.717) is 65.4 Å². The highest BCUT2D eigenvalue weighted by molar-refractivity contribution is 7.93. The van der Waals surface area contributed by atoms with Gasteiger partial charge in [-0.2, -0.15) is 0 Å². The number of rotatable bonds is 9. The zero-order valence-electron chi connectivity index (χ0n) is 26.1. The van der Waals surface area contributed by atoms with Crippen LogP contribution in [-0.4, -0.2) is 64.5 Å². The van der Waals surface area contributed by atoms with Crippen molar-refractivity contribution in [1.82, 2.24) is 15.5 Å². The van der Waals surface area contributed by atoms with Crippen LogP contribution in [0, 0.1) is 5.92 Å². The molecular weight excluding hydrogens is 645 g/mol. The second-order valence-electron chi connectivity index (χ2n) is 12.0. The number of hydrogen-bond acceptors (Lipinski definition) is 6. The Balaban J connectivity index is 1.41. The molecule has 3 heterocycles. The highest BCUT2D eigenvalue weighted by Gasteiger charge is 2.56. The molecule has 6 rings (SSSR count). The van der Waals surface area contributed by atoms with E-state index in [0.717, 1.165) is 42.2 Å². The van der Waals surface area contributed by atoms with Crippen molar-refractivity contribution in [2.75, 3.05) is 48.5 Å². The van der Waals surface area contributed by atoms with Gasteiger partial charge < -0.3 is 10.2 Å². The maximum atomic E-state index is 14.9. The summed E-state index contributed by atoms with van der Waals surface area (Å²) in [7, 11) is -4.40. The van der Waals surface area contributed by atoms with E-state index in [1.807, 2.05) is 13.8 Å². The van der Waals surface area contributed by atoms with Crippen molar-refractivity contribution in [1.29, 1.82) is 0 Å². The summed E-state index contributed by atoms with van der Waals surface area (Å²) >= 11 is 13.3. The van der Waals surface area contributed by atoms with Crippen molar-refractivity contribution < 1.29 is 18.0 Å². The molecule has 3 aliphatic rings. The van der Waals surface area contributed by atoms with Crippen molar-refractivity contribution in [3.05, 3.63) is 87.4 Å². The van der Waals surface area contributed by atoms with Gasteiger partial charge in [0.2, 0.25) is 0 Å². The van der Waals surface area contributed by atoms with E-state index >= 15 is 0 Å². The molecular formula is C34H39Cl2N5O4S. The third-order valence-corrected chi connectivity index (χ3v) is 11.8. The first-order chi connectivity index (χ1) is 22.1. The fourth-order valence-corrected chi connectivity index (χ4v) is 9.00. The molecule has 9 nitrogen and oxygen atoms in total. The monoisotopic (exact) mass is 683 g/mol. The van der Waals surface area contributed by atoms with E-state index < -0.39 is 21.5 Å². The third-order valence-electron chi connectivity index (χ3n) is 9.52. The van der Waals surface area contributed by atoms with Crippen molar-refractivity contribution >= 4 is 56.5 Å². The first-order valence-electron chi connectivity index (χ1n) is 15.9. The van der Waals surface area contributed by atoms with Gasteiger partial charge in [-0.3, -0.25) is 15.0 Å². The largest absolute Gasteiger partial charge is 0.325 e. The normalized spacial score (nSPS) is 19.8. The highest BCUT2D eigenvalue weighted by Crippen LogP contribution is 2.49. The molecule has 244 valence electrons. The van der Waals surface area contributed by atoms with Gasteiger partial charge in [0, 0.05) is 46.5 Å². The standard InChI is InChI=1S/C34H39Cl2N5O4S/c1-3-39(4-2)33(43)40-20-16-24-21-26(10-12-30(24)40)46(44,45)41-31-11-9-25(35)22-28(31)34(32(41)42,27-7-5-6-8-29(27)36)38-19-15-23-13-17-37-18-14-23/h5-12,21-23,37-38H,3-4,13-20H2,1-2H3. The Kier molecular flexibility index (Phi) is 9.38. The second-order valence-corrected chi connectivity index (χ2v) is 14.7. The number of nitrogens with zero attached hydrogens (tertiary/aromatic N) is 3. The fourth-order valence-electron chi connectivity index (χ4n) is 7.03. The predicted molar refractivity (Wildman–Crippen MR) is 182 cm³/mol. The van der Waals surface area contributed by atoms with E-state index in [1.54, 1.807) is 64.4 Å². The van der Waals surface area contributed by atoms with Gasteiger partial charge in [-0.25, -0.2) is 17.5 Å². The zero-order chi connectivity index (χ0) is 32.6. The minimum atomic E-state index is -4.40. The summed E-state index contributed by atoms with van der Waals surface area (Å²) in [5, 5.41) is 7.60. The molecule has 1 fully saturated rings. The lowest BCUT2D eigenvalue weighted by molar-refractivity contribution is -0.121. The number of carbonyl (C=O) groups excluding carboxylic acids is 2. The van der Waals surface area contributed by atoms with Crippen LogP contribution < -0.4 is 19.8 Å². The molecule has 1 saturated heterocycles. The molecule has 12 heteroatoms. The minimum Gasteiger partial charge on any atom is -0.325 e. The highest BCUT2D eigenvalue weighted by atomic mass is 35.5. The number of amides is 3. The lowest BCUT2D eigenvalue weighted by atomic mass is 9.83. The molecule has 3 amide bonds. The number of hydrogen-bond donors (Lipinski definition) is 2. The average molecular weight is 685 g/mol. The van der Waals surface area contributed by atoms with Gasteiger partial charge in [0.05, 0.1) is 10.6 Å². The van der Waals surface area contributed by atoms with Crippen LogP contribution in [0.3, 0.4) is 0 Å². The molecule has 1 unspecified atom stereocenters. The summed E-state index contributed by atoms with van der Waals surface area (Å²) in [6, 6.07) is 16.5. The summed E-state index contributed by atoms with van der Waals surface area (Å²) < 4.78 is 30.0. The number of halogens is 2. The lowest BCUT2D eigenvalue weighted by Crippen LogP contribution is -2.53. The van der Waals surface area contributed by atoms with Gasteiger partial charge >= 0.3 is 6.03 Å². The molecule has 0 aromatic heterocycles. The molecule has 0 aliphatic carbocycles. The molecule has 0 bridgehead atoms. The van der Waals surface area contributed by atoms with Gasteiger partial charge in [0.25, 0.3) is 15.9 Å². The topological polar surface area (TPSA) is 102 Å². The predicted octanol–water partition coefficient (Wildman–Crippen LogP) is 5.78. The molecule has 46 heavy (non-hydrogen) atoms. The van der Waals surface area contributed by atoms with Crippen molar-refractivity contribution in [3.63, 3.8) is 0 Å². The average Bonchev–Trinajstić information content (AvgIpc) is 3.59. The van der Waals surface area contributed by atoms with Crippen LogP contribution in [0.1, 0.15) is 49.8 Å². The summed E-state index contributed by atoms with van der Waals surface area (Å²) in [6.07, 6.45) is 3.40. The van der Waals surface area contributed by atoms with Gasteiger partial charge in [0.1, 0.15) is 0 Å². The van der Waals surface area contributed by atoms with E-state index in [1.165, 1.54) is 6.07 Å². The molecule has 0 radical (unpaired) electrons. The first kappa shape index (κ1) is 32.8. The van der Waals surface area contributed by atoms with E-state index in [4.69, 9.17) is 23.2 Å². The van der Waals surface area contributed by atoms with E-state index in [9.17, 15) is 18.0 Å². The second kappa shape index (κ2) is 13.2. The number of sulfonamides is 1. The molecule has 0 saturated carbocycles. The minimum absolute atomic E-state index is 0.0256. The maximum absolute atomic E-state index is 14.9. The molecule has 1 atom stereocenters. The van der Waals surface area contributed by atoms with Gasteiger partial charge in [-0.15, -0.1) is 0 Å². The summed E-state index contributed by atoms with van der Waals surface area (Å²) in [6.45, 7) is 7.83. The number of benzene rings is 3. The SMILES string of the molecule is CCN(CC)C(=O)N1CCc2cc(S(=O)(=O)N3C(=O)C(NCCC4CCNCC4)(c4ccccc4Cl)c4cc(Cl)ccc43)ccc21. The molecule has 0 spiro atoms. The van der Waals surface area contributed by atoms with Crippen LogP contribution in [-0.2, 0) is 26.8 Å². The number of anilines is 2. The molecule has 3 aromatic rings. The van der Waals surface area contributed by atoms with Crippen LogP contribution in [0.5, 0.6) is 0 Å². The third kappa shape index (κ3) is 5.58. The van der Waals surface area contributed by atoms with Crippen LogP contribution in [0.25, 0.3) is 0 Å². The lowest BCUT2D eigenvalue weighted by Gasteiger charge is -2.32. The molecule has 2 N–H and O–H groups in total. The summed E-state index contributed by atoms with van der Waals surface area (Å²) in [5.74, 6) is -0.186. The van der Waals surface area contributed by atoms with Crippen LogP contribution in [0.4, 0.5) is 16.2 Å². The van der Waals surface area contributed by atoms with Crippen LogP contribution in [0.15, 0.2) is 65.6 Å². The Morgan fingerprint density at radius 1 is 1.00 bits per heavy atom. The number of fused-ring (bicyclic) bond motifs is 2. The van der Waals surface area contributed by atoms with Gasteiger partial charge in [0.15, 0.2) is 5.54 Å². The fraction of sp³-hybridized carbons (Fsp3) is 0.412. The molecule has 3 aliphatic heterocycles. The first-order valence-corrected chi connectivity index (χ1v) is 18.1. The Morgan fingerprint density at radius 2 is 1.72 bits per heavy atom. The number of piperidine rings is 1. The summed E-state index contributed by atoms with van der Waals surface area (Å²) in [5.41, 5.74) is 0.963. The van der Waals surface area contributed by atoms with Gasteiger partial charge in [-0.05, 0) is 113 Å². The van der Waals surface area contributed by atoms with Crippen LogP contribution >= 0.6 is 23.2 Å². The quantitative estimate of drug-likeness (QED) is 0.297. The van der Waals surface area contributed by atoms with Crippen molar-refractivity contribution in [2.24, 2.45) is 5.92 Å². The Labute approximate surface area is 280 Å². The van der Waals surface area contributed by atoms with Crippen molar-refractivity contribution in [3.8, 4) is 0 Å². The van der Waals surface area contributed by atoms with E-state index in [2.05, 4.69) is 10.6 Å². The number of urea groups is 1. The Hall–Kier alpha value is -3.15. The maximum Gasteiger partial charge on any atom is 0.324 e. The van der Waals surface area contributed by atoms with E-state index in [-0.39, 0.29) is 16.6 Å². The number of nitrogens with one attached hydrogen (secondary N) is 2. The van der Waals surface area contributed by atoms with Gasteiger partial charge in [-0.1, -0.05) is 41.4 Å². The van der Waals surface area contributed by atoms with Crippen molar-refractivity contribution in [2.45, 2.75) is 50.0 Å². The van der Waals surface area contributed by atoms with Crippen LogP contribution in [0.2, 0.25) is 10.0 Å². The number of carbonyl (C=O) groups is 2. The Morgan fingerprint density at radius 3 is 2.43 bits per heavy atom. The molecule has 3 aromatic carbocycles. The smallest absolute Gasteiger partial charge is 0.324 e.